The second-order valence-electron chi connectivity index (χ2n) is 3.66. The van der Waals surface area contributed by atoms with Gasteiger partial charge < -0.3 is 4.74 Å². The number of hydrogen-bond acceptors (Lipinski definition) is 4. The van der Waals surface area contributed by atoms with E-state index in [2.05, 4.69) is 0 Å². The summed E-state index contributed by atoms with van der Waals surface area (Å²) in [4.78, 5) is 11.5. The van der Waals surface area contributed by atoms with Crippen LogP contribution >= 0.6 is 0 Å². The van der Waals surface area contributed by atoms with Crippen LogP contribution < -0.4 is 0 Å². The summed E-state index contributed by atoms with van der Waals surface area (Å²) in [7, 11) is -1.34. The number of carbonyl (C=O) groups excluding carboxylic acids is 1. The third kappa shape index (κ3) is 3.38. The minimum Gasteiger partial charge on any atom is -0.385 e. The third-order valence-corrected chi connectivity index (χ3v) is 4.23. The van der Waals surface area contributed by atoms with Gasteiger partial charge in [0.25, 0.3) is 0 Å². The highest BCUT2D eigenvalue weighted by Crippen LogP contribution is 2.20. The lowest BCUT2D eigenvalue weighted by Crippen LogP contribution is -2.16. The van der Waals surface area contributed by atoms with Crippen LogP contribution in [-0.2, 0) is 19.4 Å². The van der Waals surface area contributed by atoms with E-state index in [-0.39, 0.29) is 23.2 Å². The Kier molecular flexibility index (Phi) is 4.07. The molecule has 0 N–H and O–H groups in total. The summed E-state index contributed by atoms with van der Waals surface area (Å²) in [6, 6.07) is 0. The molecule has 82 valence electrons. The van der Waals surface area contributed by atoms with E-state index in [1.165, 1.54) is 0 Å². The zero-order valence-corrected chi connectivity index (χ0v) is 9.18. The average molecular weight is 220 g/mol. The molecule has 0 aromatic heterocycles. The number of methoxy groups -OCH3 is 1. The van der Waals surface area contributed by atoms with Gasteiger partial charge in [0, 0.05) is 26.1 Å². The molecular weight excluding hydrogens is 204 g/mol. The topological polar surface area (TPSA) is 60.4 Å². The number of rotatable bonds is 5. The smallest absolute Gasteiger partial charge is 0.151 e. The Hall–Kier alpha value is -0.420. The predicted octanol–water partition coefficient (Wildman–Crippen LogP) is 0.417. The van der Waals surface area contributed by atoms with Crippen molar-refractivity contribution in [3.8, 4) is 0 Å². The fourth-order valence-corrected chi connectivity index (χ4v) is 3.42. The lowest BCUT2D eigenvalue weighted by molar-refractivity contribution is -0.122. The van der Waals surface area contributed by atoms with Gasteiger partial charge in [-0.25, -0.2) is 8.42 Å². The van der Waals surface area contributed by atoms with E-state index in [1.54, 1.807) is 7.11 Å². The third-order valence-electron chi connectivity index (χ3n) is 2.46. The van der Waals surface area contributed by atoms with Gasteiger partial charge in [-0.2, -0.15) is 0 Å². The zero-order chi connectivity index (χ0) is 10.6. The molecule has 1 atom stereocenters. The van der Waals surface area contributed by atoms with Crippen molar-refractivity contribution in [1.82, 2.24) is 0 Å². The van der Waals surface area contributed by atoms with Crippen molar-refractivity contribution in [2.75, 3.05) is 25.2 Å². The molecule has 1 heterocycles. The zero-order valence-electron chi connectivity index (χ0n) is 8.36. The largest absolute Gasteiger partial charge is 0.385 e. The van der Waals surface area contributed by atoms with Crippen molar-refractivity contribution in [3.63, 3.8) is 0 Å². The fraction of sp³-hybridized carbons (Fsp3) is 0.889. The molecule has 0 radical (unpaired) electrons. The van der Waals surface area contributed by atoms with Gasteiger partial charge in [-0.3, -0.25) is 4.79 Å². The van der Waals surface area contributed by atoms with Crippen molar-refractivity contribution in [3.05, 3.63) is 0 Å². The quantitative estimate of drug-likeness (QED) is 0.630. The first kappa shape index (κ1) is 11.7. The summed E-state index contributed by atoms with van der Waals surface area (Å²) in [6.07, 6.45) is 1.63. The number of hydrogen-bond donors (Lipinski definition) is 0. The number of Topliss-reactive ketones (excluding diaryl/α,β-unsaturated/α-hetero) is 1. The van der Waals surface area contributed by atoms with Gasteiger partial charge in [0.2, 0.25) is 0 Å². The van der Waals surface area contributed by atoms with Gasteiger partial charge in [0.1, 0.15) is 5.78 Å². The standard InChI is InChI=1S/C9H16O4S/c1-13-5-2-3-9(10)8-4-6-14(11,12)7-8/h8H,2-7H2,1H3. The lowest BCUT2D eigenvalue weighted by atomic mass is 10.0. The van der Waals surface area contributed by atoms with E-state index >= 15 is 0 Å². The number of ketones is 1. The Morgan fingerprint density at radius 3 is 2.71 bits per heavy atom. The maximum atomic E-state index is 11.5. The monoisotopic (exact) mass is 220 g/mol. The van der Waals surface area contributed by atoms with E-state index in [1.807, 2.05) is 0 Å². The molecule has 0 spiro atoms. The van der Waals surface area contributed by atoms with Gasteiger partial charge in [0.15, 0.2) is 9.84 Å². The van der Waals surface area contributed by atoms with Crippen molar-refractivity contribution in [2.45, 2.75) is 19.3 Å². The molecule has 1 saturated heterocycles. The van der Waals surface area contributed by atoms with Crippen molar-refractivity contribution in [1.29, 1.82) is 0 Å². The van der Waals surface area contributed by atoms with Gasteiger partial charge in [-0.1, -0.05) is 0 Å². The Morgan fingerprint density at radius 2 is 2.21 bits per heavy atom. The number of ether oxygens (including phenoxy) is 1. The fourth-order valence-electron chi connectivity index (χ4n) is 1.64. The SMILES string of the molecule is COCCCC(=O)C1CCS(=O)(=O)C1. The molecule has 0 bridgehead atoms. The van der Waals surface area contributed by atoms with Gasteiger partial charge >= 0.3 is 0 Å². The van der Waals surface area contributed by atoms with Crippen molar-refractivity contribution >= 4 is 15.6 Å². The summed E-state index contributed by atoms with van der Waals surface area (Å²) >= 11 is 0. The van der Waals surface area contributed by atoms with Crippen LogP contribution in [0.2, 0.25) is 0 Å². The summed E-state index contributed by atoms with van der Waals surface area (Å²) in [5, 5.41) is 0. The molecule has 1 fully saturated rings. The predicted molar refractivity (Wildman–Crippen MR) is 52.9 cm³/mol. The van der Waals surface area contributed by atoms with Crippen LogP contribution in [0.1, 0.15) is 19.3 Å². The highest BCUT2D eigenvalue weighted by atomic mass is 32.2. The molecule has 14 heavy (non-hydrogen) atoms. The van der Waals surface area contributed by atoms with Crippen LogP contribution in [0.5, 0.6) is 0 Å². The van der Waals surface area contributed by atoms with E-state index in [9.17, 15) is 13.2 Å². The second-order valence-corrected chi connectivity index (χ2v) is 5.89. The Bertz CT molecular complexity index is 294. The minimum absolute atomic E-state index is 0.0544. The van der Waals surface area contributed by atoms with Crippen LogP contribution in [-0.4, -0.2) is 39.4 Å². The van der Waals surface area contributed by atoms with Crippen molar-refractivity contribution in [2.24, 2.45) is 5.92 Å². The number of sulfone groups is 1. The van der Waals surface area contributed by atoms with E-state index < -0.39 is 9.84 Å². The molecule has 0 aliphatic carbocycles. The molecule has 0 aromatic rings. The first-order chi connectivity index (χ1) is 6.55. The Balaban J connectivity index is 2.33. The Labute approximate surface area is 84.6 Å². The minimum atomic E-state index is -2.92. The van der Waals surface area contributed by atoms with E-state index in [0.29, 0.717) is 25.9 Å². The highest BCUT2D eigenvalue weighted by molar-refractivity contribution is 7.91. The first-order valence-corrected chi connectivity index (χ1v) is 6.59. The van der Waals surface area contributed by atoms with Crippen LogP contribution in [0, 0.1) is 5.92 Å². The summed E-state index contributed by atoms with van der Waals surface area (Å²) < 4.78 is 27.0. The molecular formula is C9H16O4S. The first-order valence-electron chi connectivity index (χ1n) is 4.77. The molecule has 0 amide bonds. The summed E-state index contributed by atoms with van der Waals surface area (Å²) in [5.74, 6) is 0.0481. The molecule has 5 heteroatoms. The van der Waals surface area contributed by atoms with Gasteiger partial charge in [-0.05, 0) is 12.8 Å². The maximum absolute atomic E-state index is 11.5. The summed E-state index contributed by atoms with van der Waals surface area (Å²) in [6.45, 7) is 0.561. The van der Waals surface area contributed by atoms with Crippen LogP contribution in [0.15, 0.2) is 0 Å². The molecule has 4 nitrogen and oxygen atoms in total. The molecule has 1 aliphatic rings. The number of carbonyl (C=O) groups is 1. The van der Waals surface area contributed by atoms with Crippen LogP contribution in [0.3, 0.4) is 0 Å². The second kappa shape index (κ2) is 4.89. The van der Waals surface area contributed by atoms with Crippen molar-refractivity contribution < 1.29 is 17.9 Å². The van der Waals surface area contributed by atoms with Crippen LogP contribution in [0.25, 0.3) is 0 Å². The molecule has 1 rings (SSSR count). The lowest BCUT2D eigenvalue weighted by Gasteiger charge is -2.05. The molecule has 1 unspecified atom stereocenters. The molecule has 0 saturated carbocycles. The van der Waals surface area contributed by atoms with E-state index in [0.717, 1.165) is 0 Å². The maximum Gasteiger partial charge on any atom is 0.151 e. The van der Waals surface area contributed by atoms with E-state index in [4.69, 9.17) is 4.74 Å². The average Bonchev–Trinajstić information content (AvgIpc) is 2.46. The highest BCUT2D eigenvalue weighted by Gasteiger charge is 2.32. The molecule has 1 aliphatic heterocycles. The van der Waals surface area contributed by atoms with Gasteiger partial charge in [-0.15, -0.1) is 0 Å². The normalized spacial score (nSPS) is 25.1. The van der Waals surface area contributed by atoms with Gasteiger partial charge in [0.05, 0.1) is 11.5 Å². The Morgan fingerprint density at radius 1 is 1.50 bits per heavy atom. The summed E-state index contributed by atoms with van der Waals surface area (Å²) in [5.41, 5.74) is 0. The van der Waals surface area contributed by atoms with Crippen LogP contribution in [0.4, 0.5) is 0 Å². The molecule has 0 aromatic carbocycles.